The minimum Gasteiger partial charge on any atom is -0.452 e. The van der Waals surface area contributed by atoms with Crippen molar-refractivity contribution in [2.24, 2.45) is 0 Å². The molecular formula is C36H38O7Si. The fourth-order valence-corrected chi connectivity index (χ4v) is 10.6. The molecule has 1 aliphatic heterocycles. The van der Waals surface area contributed by atoms with Gasteiger partial charge in [0, 0.05) is 0 Å². The molecule has 1 saturated heterocycles. The van der Waals surface area contributed by atoms with Gasteiger partial charge in [0.15, 0.2) is 18.5 Å². The Morgan fingerprint density at radius 3 is 1.48 bits per heavy atom. The molecule has 228 valence electrons. The number of ether oxygens (including phenoxy) is 3. The third-order valence-corrected chi connectivity index (χ3v) is 13.1. The monoisotopic (exact) mass is 610 g/mol. The number of aliphatic hydroxyl groups excluding tert-OH is 1. The smallest absolute Gasteiger partial charge is 0.338 e. The highest BCUT2D eigenvalue weighted by atomic mass is 28.4. The van der Waals surface area contributed by atoms with Crippen LogP contribution in [0.5, 0.6) is 0 Å². The molecule has 0 spiro atoms. The molecule has 7 nitrogen and oxygen atoms in total. The molecule has 5 rings (SSSR count). The van der Waals surface area contributed by atoms with E-state index >= 15 is 0 Å². The maximum atomic E-state index is 13.3. The van der Waals surface area contributed by atoms with Crippen molar-refractivity contribution in [3.05, 3.63) is 132 Å². The van der Waals surface area contributed by atoms with Crippen LogP contribution in [0.15, 0.2) is 121 Å². The summed E-state index contributed by atoms with van der Waals surface area (Å²) in [5.74, 6) is -1.29. The summed E-state index contributed by atoms with van der Waals surface area (Å²) in [6.07, 6.45) is -5.63. The average molecular weight is 611 g/mol. The largest absolute Gasteiger partial charge is 0.452 e. The minimum atomic E-state index is -3.05. The summed E-state index contributed by atoms with van der Waals surface area (Å²) in [6.45, 7) is 8.33. The van der Waals surface area contributed by atoms with Gasteiger partial charge < -0.3 is 23.7 Å². The van der Waals surface area contributed by atoms with E-state index in [0.717, 1.165) is 10.4 Å². The number of aliphatic hydroxyl groups is 1. The van der Waals surface area contributed by atoms with Gasteiger partial charge in [-0.1, -0.05) is 118 Å². The van der Waals surface area contributed by atoms with E-state index in [1.807, 2.05) is 43.3 Å². The van der Waals surface area contributed by atoms with E-state index < -0.39 is 51.0 Å². The number of benzene rings is 4. The van der Waals surface area contributed by atoms with Crippen LogP contribution in [0.1, 0.15) is 48.4 Å². The number of rotatable bonds is 9. The van der Waals surface area contributed by atoms with Crippen molar-refractivity contribution in [1.29, 1.82) is 0 Å². The lowest BCUT2D eigenvalue weighted by Crippen LogP contribution is -2.68. The average Bonchev–Trinajstić information content (AvgIpc) is 3.34. The summed E-state index contributed by atoms with van der Waals surface area (Å²) in [5.41, 5.74) is 0.620. The second kappa shape index (κ2) is 13.3. The van der Waals surface area contributed by atoms with Crippen LogP contribution in [0.3, 0.4) is 0 Å². The van der Waals surface area contributed by atoms with Gasteiger partial charge in [-0.2, -0.15) is 0 Å². The summed E-state index contributed by atoms with van der Waals surface area (Å²) in [7, 11) is -3.05. The fourth-order valence-electron chi connectivity index (χ4n) is 5.87. The molecule has 0 unspecified atom stereocenters. The minimum absolute atomic E-state index is 0.299. The van der Waals surface area contributed by atoms with Crippen molar-refractivity contribution in [1.82, 2.24) is 0 Å². The van der Waals surface area contributed by atoms with Gasteiger partial charge in [0.25, 0.3) is 8.32 Å². The quantitative estimate of drug-likeness (QED) is 0.208. The van der Waals surface area contributed by atoms with Gasteiger partial charge in [-0.25, -0.2) is 9.59 Å². The predicted octanol–water partition coefficient (Wildman–Crippen LogP) is 5.12. The molecule has 0 bridgehead atoms. The van der Waals surface area contributed by atoms with E-state index in [2.05, 4.69) is 45.0 Å². The predicted molar refractivity (Wildman–Crippen MR) is 170 cm³/mol. The van der Waals surface area contributed by atoms with E-state index in [1.165, 1.54) is 0 Å². The molecule has 1 fully saturated rings. The lowest BCUT2D eigenvalue weighted by molar-refractivity contribution is -0.143. The summed E-state index contributed by atoms with van der Waals surface area (Å²) >= 11 is 0. The van der Waals surface area contributed by atoms with Crippen LogP contribution in [-0.2, 0) is 18.6 Å². The molecule has 1 heterocycles. The lowest BCUT2D eigenvalue weighted by atomic mass is 10.1. The molecule has 0 amide bonds. The zero-order chi connectivity index (χ0) is 31.3. The topological polar surface area (TPSA) is 91.3 Å². The first-order valence-corrected chi connectivity index (χ1v) is 16.7. The van der Waals surface area contributed by atoms with Crippen LogP contribution in [0.25, 0.3) is 0 Å². The number of carbonyl (C=O) groups is 2. The first kappa shape index (κ1) is 31.3. The molecule has 0 aromatic heterocycles. The van der Waals surface area contributed by atoms with Gasteiger partial charge in [-0.05, 0) is 46.6 Å². The zero-order valence-electron chi connectivity index (χ0n) is 25.3. The van der Waals surface area contributed by atoms with E-state index in [1.54, 1.807) is 60.7 Å². The van der Waals surface area contributed by atoms with Crippen molar-refractivity contribution in [3.63, 3.8) is 0 Å². The molecule has 8 heteroatoms. The van der Waals surface area contributed by atoms with Gasteiger partial charge in [-0.15, -0.1) is 0 Å². The first-order valence-electron chi connectivity index (χ1n) is 14.8. The van der Waals surface area contributed by atoms with Crippen LogP contribution < -0.4 is 10.4 Å². The number of hydrogen-bond acceptors (Lipinski definition) is 7. The van der Waals surface area contributed by atoms with Gasteiger partial charge in [0.1, 0.15) is 6.10 Å². The molecule has 4 aromatic rings. The summed E-state index contributed by atoms with van der Waals surface area (Å²) in [6, 6.07) is 37.2. The Hall–Kier alpha value is -4.08. The van der Waals surface area contributed by atoms with Crippen molar-refractivity contribution < 1.29 is 33.3 Å². The Labute approximate surface area is 259 Å². The molecule has 1 aliphatic rings. The second-order valence-electron chi connectivity index (χ2n) is 11.9. The van der Waals surface area contributed by atoms with E-state index in [9.17, 15) is 14.7 Å². The van der Waals surface area contributed by atoms with E-state index in [0.29, 0.717) is 11.1 Å². The summed E-state index contributed by atoms with van der Waals surface area (Å²) in [5, 5.41) is 12.9. The Morgan fingerprint density at radius 2 is 1.07 bits per heavy atom. The van der Waals surface area contributed by atoms with Crippen LogP contribution in [0.2, 0.25) is 5.04 Å². The first-order chi connectivity index (χ1) is 21.1. The maximum Gasteiger partial charge on any atom is 0.338 e. The van der Waals surface area contributed by atoms with Crippen molar-refractivity contribution in [3.8, 4) is 0 Å². The summed E-state index contributed by atoms with van der Waals surface area (Å²) in [4.78, 5) is 26.4. The normalized spacial score (nSPS) is 20.9. The van der Waals surface area contributed by atoms with Gasteiger partial charge in [0.05, 0.1) is 17.2 Å². The van der Waals surface area contributed by atoms with Crippen molar-refractivity contribution >= 4 is 30.6 Å². The van der Waals surface area contributed by atoms with E-state index in [-0.39, 0.29) is 5.04 Å². The third kappa shape index (κ3) is 6.39. The highest BCUT2D eigenvalue weighted by Crippen LogP contribution is 2.39. The SMILES string of the molecule is C[C@@H](O[Si](c1ccccc1)(c1ccccc1)C(C)(C)C)[C@H]1O[C@@H](O)[C@H](OC(=O)c2ccccc2)[C@@H]1OC(=O)c1ccccc1. The van der Waals surface area contributed by atoms with Crippen molar-refractivity contribution in [2.75, 3.05) is 0 Å². The van der Waals surface area contributed by atoms with Crippen LogP contribution >= 0.6 is 0 Å². The molecule has 0 radical (unpaired) electrons. The van der Waals surface area contributed by atoms with Gasteiger partial charge in [-0.3, -0.25) is 0 Å². The van der Waals surface area contributed by atoms with Crippen LogP contribution in [0, 0.1) is 0 Å². The Morgan fingerprint density at radius 1 is 0.682 bits per heavy atom. The molecule has 4 aromatic carbocycles. The van der Waals surface area contributed by atoms with Gasteiger partial charge >= 0.3 is 11.9 Å². The van der Waals surface area contributed by atoms with Crippen LogP contribution in [-0.4, -0.2) is 56.1 Å². The van der Waals surface area contributed by atoms with Crippen molar-refractivity contribution in [2.45, 2.75) is 63.4 Å². The third-order valence-electron chi connectivity index (χ3n) is 7.97. The molecule has 0 saturated carbocycles. The fraction of sp³-hybridized carbons (Fsp3) is 0.278. The molecule has 5 atom stereocenters. The van der Waals surface area contributed by atoms with E-state index in [4.69, 9.17) is 18.6 Å². The standard InChI is InChI=1S/C36H38O7Si/c1-25(43-44(36(2,3)4,28-21-13-7-14-22-28)29-23-15-8-16-24-29)30-31(41-33(37)26-17-9-5-10-18-26)32(35(39)40-30)42-34(38)27-19-11-6-12-20-27/h5-25,30-32,35,39H,1-4H3/t25-,30-,31-,32-,35-/m1/s1. The zero-order valence-corrected chi connectivity index (χ0v) is 26.3. The molecule has 0 aliphatic carbocycles. The Bertz CT molecular complexity index is 1490. The lowest BCUT2D eigenvalue weighted by Gasteiger charge is -2.45. The Kier molecular flexibility index (Phi) is 9.46. The Balaban J connectivity index is 1.53. The second-order valence-corrected chi connectivity index (χ2v) is 16.2. The molecule has 44 heavy (non-hydrogen) atoms. The number of esters is 2. The molecular weight excluding hydrogens is 572 g/mol. The summed E-state index contributed by atoms with van der Waals surface area (Å²) < 4.78 is 25.1. The highest BCUT2D eigenvalue weighted by Gasteiger charge is 2.56. The molecule has 1 N–H and O–H groups in total. The maximum absolute atomic E-state index is 13.3. The van der Waals surface area contributed by atoms with Crippen LogP contribution in [0.4, 0.5) is 0 Å². The number of hydrogen-bond donors (Lipinski definition) is 1. The highest BCUT2D eigenvalue weighted by molar-refractivity contribution is 6.99. The van der Waals surface area contributed by atoms with Gasteiger partial charge in [0.2, 0.25) is 0 Å². The number of carbonyl (C=O) groups excluding carboxylic acids is 2.